The molecule has 4 heterocycles. The second-order valence-corrected chi connectivity index (χ2v) is 10.2. The Morgan fingerprint density at radius 1 is 1.28 bits per heavy atom. The van der Waals surface area contributed by atoms with E-state index in [-0.39, 0.29) is 30.0 Å². The zero-order valence-corrected chi connectivity index (χ0v) is 19.5. The number of aromatic nitrogens is 1. The molecule has 2 fully saturated rings. The number of alkyl halides is 1. The summed E-state index contributed by atoms with van der Waals surface area (Å²) >= 11 is 8.87. The van der Waals surface area contributed by atoms with Crippen LogP contribution in [0.15, 0.2) is 30.5 Å². The molecule has 2 aliphatic rings. The van der Waals surface area contributed by atoms with Crippen LogP contribution in [0, 0.1) is 6.92 Å². The summed E-state index contributed by atoms with van der Waals surface area (Å²) < 4.78 is 21.3. The number of hydrogen-bond acceptors (Lipinski definition) is 7. The Kier molecular flexibility index (Phi) is 5.83. The fraction of sp³-hybridized carbons (Fsp3) is 0.318. The highest BCUT2D eigenvalue weighted by Crippen LogP contribution is 2.42. The summed E-state index contributed by atoms with van der Waals surface area (Å²) in [5, 5.41) is 3.34. The van der Waals surface area contributed by atoms with E-state index in [0.717, 1.165) is 43.5 Å². The van der Waals surface area contributed by atoms with E-state index < -0.39 is 12.3 Å². The van der Waals surface area contributed by atoms with Crippen LogP contribution in [0.3, 0.4) is 0 Å². The van der Waals surface area contributed by atoms with E-state index in [1.165, 1.54) is 16.2 Å². The number of nitrogens with one attached hydrogen (secondary N) is 1. The second kappa shape index (κ2) is 8.62. The van der Waals surface area contributed by atoms with Crippen LogP contribution < -0.4 is 10.1 Å². The Hall–Kier alpha value is -2.20. The number of benzene rings is 1. The second-order valence-electron chi connectivity index (χ2n) is 7.75. The van der Waals surface area contributed by atoms with Crippen molar-refractivity contribution in [2.24, 2.45) is 0 Å². The van der Waals surface area contributed by atoms with Crippen LogP contribution >= 0.6 is 34.7 Å². The lowest BCUT2D eigenvalue weighted by atomic mass is 10.0. The predicted molar refractivity (Wildman–Crippen MR) is 125 cm³/mol. The number of nitrogens with zero attached hydrogens (tertiary/aromatic N) is 2. The summed E-state index contributed by atoms with van der Waals surface area (Å²) in [7, 11) is 0. The van der Waals surface area contributed by atoms with E-state index in [1.807, 2.05) is 25.1 Å². The van der Waals surface area contributed by atoms with E-state index in [4.69, 9.17) is 16.3 Å². The Balaban J connectivity index is 1.56. The molecule has 0 unspecified atom stereocenters. The first-order valence-corrected chi connectivity index (χ1v) is 12.2. The largest absolute Gasteiger partial charge is 0.485 e. The van der Waals surface area contributed by atoms with Crippen molar-refractivity contribution >= 4 is 56.1 Å². The lowest BCUT2D eigenvalue weighted by Crippen LogP contribution is -2.27. The maximum atomic E-state index is 14.2. The van der Waals surface area contributed by atoms with Gasteiger partial charge in [0.15, 0.2) is 6.17 Å². The van der Waals surface area contributed by atoms with Crippen molar-refractivity contribution in [1.82, 2.24) is 15.2 Å². The van der Waals surface area contributed by atoms with Gasteiger partial charge in [0.2, 0.25) is 5.91 Å². The molecule has 2 aliphatic heterocycles. The van der Waals surface area contributed by atoms with Crippen molar-refractivity contribution < 1.29 is 18.7 Å². The Morgan fingerprint density at radius 3 is 2.84 bits per heavy atom. The van der Waals surface area contributed by atoms with Gasteiger partial charge in [-0.1, -0.05) is 23.4 Å². The third-order valence-electron chi connectivity index (χ3n) is 5.50. The average molecular weight is 492 g/mol. The van der Waals surface area contributed by atoms with Crippen molar-refractivity contribution in [2.75, 3.05) is 18.8 Å². The maximum absolute atomic E-state index is 14.2. The number of hydrogen-bond donors (Lipinski definition) is 1. The zero-order chi connectivity index (χ0) is 22.4. The molecular formula is C22H19ClFN3O3S2. The van der Waals surface area contributed by atoms with Crippen molar-refractivity contribution in [3.05, 3.63) is 45.9 Å². The van der Waals surface area contributed by atoms with Crippen LogP contribution in [0.1, 0.15) is 10.4 Å². The number of carbonyl (C=O) groups excluding carboxylic acids is 2. The Bertz CT molecular complexity index is 1220. The Labute approximate surface area is 197 Å². The number of fused-ring (bicyclic) bond motifs is 1. The zero-order valence-electron chi connectivity index (χ0n) is 17.1. The van der Waals surface area contributed by atoms with Crippen LogP contribution in [0.5, 0.6) is 5.75 Å². The first-order valence-electron chi connectivity index (χ1n) is 10.1. The summed E-state index contributed by atoms with van der Waals surface area (Å²) in [5.41, 5.74) is 3.20. The van der Waals surface area contributed by atoms with E-state index >= 15 is 0 Å². The number of pyridine rings is 1. The van der Waals surface area contributed by atoms with Crippen LogP contribution in [-0.4, -0.2) is 52.1 Å². The molecule has 32 heavy (non-hydrogen) atoms. The average Bonchev–Trinajstić information content (AvgIpc) is 3.44. The van der Waals surface area contributed by atoms with Gasteiger partial charge < -0.3 is 10.1 Å². The highest BCUT2D eigenvalue weighted by Gasteiger charge is 2.31. The molecule has 0 bridgehead atoms. The first kappa shape index (κ1) is 21.6. The summed E-state index contributed by atoms with van der Waals surface area (Å²) in [6.07, 6.45) is 0.0392. The molecule has 1 N–H and O–H groups in total. The third-order valence-corrected chi connectivity index (χ3v) is 7.72. The molecule has 0 saturated carbocycles. The minimum atomic E-state index is -1.09. The van der Waals surface area contributed by atoms with Gasteiger partial charge in [-0.25, -0.2) is 4.39 Å². The van der Waals surface area contributed by atoms with Crippen LogP contribution in [0.25, 0.3) is 21.3 Å². The molecule has 6 nitrogen and oxygen atoms in total. The lowest BCUT2D eigenvalue weighted by Gasteiger charge is -2.20. The number of aryl methyl sites for hydroxylation is 1. The van der Waals surface area contributed by atoms with E-state index in [1.54, 1.807) is 12.3 Å². The van der Waals surface area contributed by atoms with Gasteiger partial charge in [0, 0.05) is 40.3 Å². The molecule has 10 heteroatoms. The summed E-state index contributed by atoms with van der Waals surface area (Å²) in [6, 6.07) is 7.39. The van der Waals surface area contributed by atoms with Crippen molar-refractivity contribution in [3.63, 3.8) is 0 Å². The molecule has 1 aromatic carbocycles. The van der Waals surface area contributed by atoms with Gasteiger partial charge in [-0.2, -0.15) is 0 Å². The molecule has 3 aromatic rings. The number of ether oxygens (including phenoxy) is 1. The lowest BCUT2D eigenvalue weighted by molar-refractivity contribution is -0.124. The van der Waals surface area contributed by atoms with Gasteiger partial charge in [-0.3, -0.25) is 19.5 Å². The molecule has 0 spiro atoms. The van der Waals surface area contributed by atoms with Crippen molar-refractivity contribution in [1.29, 1.82) is 0 Å². The predicted octanol–water partition coefficient (Wildman–Crippen LogP) is 4.81. The molecule has 166 valence electrons. The number of carbonyl (C=O) groups is 2. The summed E-state index contributed by atoms with van der Waals surface area (Å²) in [5.74, 6) is 0.591. The van der Waals surface area contributed by atoms with Crippen LogP contribution in [0.2, 0.25) is 5.02 Å². The van der Waals surface area contributed by atoms with Crippen LogP contribution in [-0.2, 0) is 11.3 Å². The van der Waals surface area contributed by atoms with Crippen molar-refractivity contribution in [3.8, 4) is 16.9 Å². The molecular weight excluding hydrogens is 473 g/mol. The van der Waals surface area contributed by atoms with E-state index in [2.05, 4.69) is 10.3 Å². The normalized spacial score (nSPS) is 21.2. The van der Waals surface area contributed by atoms with Gasteiger partial charge in [0.1, 0.15) is 11.9 Å². The highest BCUT2D eigenvalue weighted by atomic mass is 35.5. The number of imide groups is 1. The number of thiophene rings is 1. The standard InChI is InChI=1S/C22H19ClFN3O3S2/c1-11-4-12(23)5-15(20(11)30-18-8-25-7-16(18)24)14-2-3-26-17-6-13(32-21(14)17)9-27-19(28)10-31-22(27)29/h2-6,16,18,25H,7-10H2,1H3/t16-,18+/m0/s1. The van der Waals surface area contributed by atoms with Gasteiger partial charge in [0.05, 0.1) is 22.5 Å². The number of halogens is 2. The van der Waals surface area contributed by atoms with Gasteiger partial charge in [0.25, 0.3) is 5.24 Å². The summed E-state index contributed by atoms with van der Waals surface area (Å²) in [4.78, 5) is 30.6. The fourth-order valence-corrected chi connectivity index (χ4v) is 6.07. The third kappa shape index (κ3) is 3.98. The Morgan fingerprint density at radius 2 is 2.12 bits per heavy atom. The molecule has 2 aromatic heterocycles. The quantitative estimate of drug-likeness (QED) is 0.552. The molecule has 2 saturated heterocycles. The molecule has 2 amide bonds. The van der Waals surface area contributed by atoms with Gasteiger partial charge in [-0.05, 0) is 36.8 Å². The van der Waals surface area contributed by atoms with E-state index in [0.29, 0.717) is 17.3 Å². The number of rotatable bonds is 5. The summed E-state index contributed by atoms with van der Waals surface area (Å²) in [6.45, 7) is 2.82. The smallest absolute Gasteiger partial charge is 0.289 e. The highest BCUT2D eigenvalue weighted by molar-refractivity contribution is 8.14. The number of thioether (sulfide) groups is 1. The minimum Gasteiger partial charge on any atom is -0.485 e. The molecule has 0 aliphatic carbocycles. The minimum absolute atomic E-state index is 0.182. The van der Waals surface area contributed by atoms with Crippen molar-refractivity contribution in [2.45, 2.75) is 25.7 Å². The van der Waals surface area contributed by atoms with Crippen LogP contribution in [0.4, 0.5) is 9.18 Å². The SMILES string of the molecule is Cc1cc(Cl)cc(-c2ccnc3cc(CN4C(=O)CSC4=O)sc23)c1O[C@@H]1CNC[C@@H]1F. The molecule has 5 rings (SSSR count). The fourth-order valence-electron chi connectivity index (χ4n) is 3.94. The van der Waals surface area contributed by atoms with E-state index in [9.17, 15) is 14.0 Å². The molecule has 0 radical (unpaired) electrons. The van der Waals surface area contributed by atoms with Gasteiger partial charge >= 0.3 is 0 Å². The monoisotopic (exact) mass is 491 g/mol. The molecule has 2 atom stereocenters. The first-order chi connectivity index (χ1) is 15.4. The maximum Gasteiger partial charge on any atom is 0.289 e. The number of amides is 2. The topological polar surface area (TPSA) is 71.5 Å². The van der Waals surface area contributed by atoms with Gasteiger partial charge in [-0.15, -0.1) is 11.3 Å².